The van der Waals surface area contributed by atoms with Crippen LogP contribution in [0.3, 0.4) is 0 Å². The molecule has 1 saturated carbocycles. The van der Waals surface area contributed by atoms with Crippen LogP contribution in [0.4, 0.5) is 4.79 Å². The number of thioether (sulfide) groups is 1. The Bertz CT molecular complexity index is 342. The van der Waals surface area contributed by atoms with Crippen LogP contribution in [0.25, 0.3) is 0 Å². The summed E-state index contributed by atoms with van der Waals surface area (Å²) in [6.45, 7) is 2.06. The summed E-state index contributed by atoms with van der Waals surface area (Å²) in [4.78, 5) is 24.7. The summed E-state index contributed by atoms with van der Waals surface area (Å²) in [5.41, 5.74) is -0.161. The van der Waals surface area contributed by atoms with Crippen LogP contribution in [-0.2, 0) is 4.79 Å². The lowest BCUT2D eigenvalue weighted by Gasteiger charge is -2.36. The molecule has 2 fully saturated rings. The van der Waals surface area contributed by atoms with E-state index in [1.54, 1.807) is 0 Å². The third-order valence-electron chi connectivity index (χ3n) is 3.79. The maximum Gasteiger partial charge on any atom is 0.327 e. The zero-order valence-electron chi connectivity index (χ0n) is 10.6. The molecule has 1 atom stereocenters. The van der Waals surface area contributed by atoms with Crippen molar-refractivity contribution in [1.29, 1.82) is 0 Å². The number of hydrogen-bond donors (Lipinski definition) is 2. The number of carbonyl (C=O) groups is 2. The molecule has 0 bridgehead atoms. The van der Waals surface area contributed by atoms with E-state index in [-0.39, 0.29) is 11.6 Å². The molecule has 2 amide bonds. The Hall–Kier alpha value is -0.910. The van der Waals surface area contributed by atoms with E-state index >= 15 is 0 Å². The predicted octanol–water partition coefficient (Wildman–Crippen LogP) is 1.88. The first-order valence-corrected chi connectivity index (χ1v) is 7.57. The quantitative estimate of drug-likeness (QED) is 0.805. The number of hydrogen-bond acceptors (Lipinski definition) is 3. The molecule has 0 radical (unpaired) electrons. The Kier molecular flexibility index (Phi) is 4.04. The van der Waals surface area contributed by atoms with Crippen molar-refractivity contribution in [2.45, 2.75) is 50.6 Å². The third kappa shape index (κ3) is 2.91. The first-order valence-electron chi connectivity index (χ1n) is 6.41. The van der Waals surface area contributed by atoms with Crippen LogP contribution in [0.5, 0.6) is 0 Å². The summed E-state index contributed by atoms with van der Waals surface area (Å²) in [7, 11) is 0. The monoisotopic (exact) mass is 272 g/mol. The van der Waals surface area contributed by atoms with Crippen LogP contribution in [-0.4, -0.2) is 45.2 Å². The van der Waals surface area contributed by atoms with Gasteiger partial charge in [-0.3, -0.25) is 0 Å². The van der Waals surface area contributed by atoms with Gasteiger partial charge in [-0.2, -0.15) is 0 Å². The number of aliphatic carboxylic acids is 1. The van der Waals surface area contributed by atoms with E-state index in [4.69, 9.17) is 5.11 Å². The minimum atomic E-state index is -0.913. The van der Waals surface area contributed by atoms with E-state index in [2.05, 4.69) is 12.2 Å². The normalized spacial score (nSPS) is 26.9. The molecule has 0 unspecified atom stereocenters. The van der Waals surface area contributed by atoms with Crippen LogP contribution in [0.1, 0.15) is 39.0 Å². The lowest BCUT2D eigenvalue weighted by Crippen LogP contribution is -2.55. The van der Waals surface area contributed by atoms with Gasteiger partial charge in [0.05, 0.1) is 5.88 Å². The van der Waals surface area contributed by atoms with Crippen LogP contribution in [0.15, 0.2) is 0 Å². The molecular weight excluding hydrogens is 252 g/mol. The molecule has 102 valence electrons. The maximum atomic E-state index is 12.2. The highest BCUT2D eigenvalue weighted by molar-refractivity contribution is 7.99. The minimum Gasteiger partial charge on any atom is -0.480 e. The van der Waals surface area contributed by atoms with Crippen molar-refractivity contribution in [2.24, 2.45) is 0 Å². The Morgan fingerprint density at radius 3 is 2.61 bits per heavy atom. The van der Waals surface area contributed by atoms with Gasteiger partial charge < -0.3 is 15.3 Å². The van der Waals surface area contributed by atoms with Gasteiger partial charge in [-0.25, -0.2) is 9.59 Å². The Balaban J connectivity index is 1.96. The molecule has 0 spiro atoms. The van der Waals surface area contributed by atoms with Gasteiger partial charge in [0, 0.05) is 11.3 Å². The predicted molar refractivity (Wildman–Crippen MR) is 70.6 cm³/mol. The fourth-order valence-electron chi connectivity index (χ4n) is 2.63. The molecular formula is C12H20N2O3S. The van der Waals surface area contributed by atoms with Crippen molar-refractivity contribution in [3.05, 3.63) is 0 Å². The van der Waals surface area contributed by atoms with Gasteiger partial charge in [0.1, 0.15) is 6.04 Å². The molecule has 2 N–H and O–H groups in total. The van der Waals surface area contributed by atoms with Gasteiger partial charge in [0.25, 0.3) is 0 Å². The van der Waals surface area contributed by atoms with Crippen LogP contribution < -0.4 is 5.32 Å². The molecule has 0 aromatic heterocycles. The summed E-state index contributed by atoms with van der Waals surface area (Å²) < 4.78 is 0. The summed E-state index contributed by atoms with van der Waals surface area (Å²) in [5.74, 6) is 0.0437. The molecule has 2 rings (SSSR count). The Morgan fingerprint density at radius 1 is 1.33 bits per heavy atom. The topological polar surface area (TPSA) is 69.6 Å². The Morgan fingerprint density at radius 2 is 2.00 bits per heavy atom. The van der Waals surface area contributed by atoms with Crippen LogP contribution in [0.2, 0.25) is 0 Å². The van der Waals surface area contributed by atoms with Crippen molar-refractivity contribution in [1.82, 2.24) is 10.2 Å². The van der Waals surface area contributed by atoms with Gasteiger partial charge >= 0.3 is 12.0 Å². The summed E-state index contributed by atoms with van der Waals surface area (Å²) in [6.07, 6.45) is 5.46. The lowest BCUT2D eigenvalue weighted by atomic mass is 9.83. The van der Waals surface area contributed by atoms with E-state index in [9.17, 15) is 9.59 Å². The van der Waals surface area contributed by atoms with Crippen molar-refractivity contribution in [2.75, 3.05) is 11.6 Å². The van der Waals surface area contributed by atoms with Crippen molar-refractivity contribution >= 4 is 23.8 Å². The maximum absolute atomic E-state index is 12.2. The number of urea groups is 1. The summed E-state index contributed by atoms with van der Waals surface area (Å²) in [6, 6.07) is -0.904. The van der Waals surface area contributed by atoms with Gasteiger partial charge in [-0.05, 0) is 19.8 Å². The van der Waals surface area contributed by atoms with Gasteiger partial charge in [0.15, 0.2) is 0 Å². The third-order valence-corrected chi connectivity index (χ3v) is 4.81. The first-order chi connectivity index (χ1) is 8.52. The number of rotatable bonds is 2. The second-order valence-corrected chi connectivity index (χ2v) is 6.37. The largest absolute Gasteiger partial charge is 0.480 e. The average molecular weight is 272 g/mol. The van der Waals surface area contributed by atoms with Crippen molar-refractivity contribution in [3.63, 3.8) is 0 Å². The van der Waals surface area contributed by atoms with E-state index in [1.165, 1.54) is 23.1 Å². The molecule has 6 heteroatoms. The standard InChI is InChI=1S/C12H20N2O3S/c1-12(5-3-2-4-6-12)13-11(17)14-8-18-7-9(14)10(15)16/h9H,2-8H2,1H3,(H,13,17)(H,15,16)/t9-/m0/s1. The molecule has 0 aromatic rings. The molecule has 1 aliphatic carbocycles. The number of nitrogens with one attached hydrogen (secondary N) is 1. The molecule has 0 aromatic carbocycles. The fraction of sp³-hybridized carbons (Fsp3) is 0.833. The molecule has 2 aliphatic rings. The fourth-order valence-corrected chi connectivity index (χ4v) is 3.78. The van der Waals surface area contributed by atoms with E-state index in [0.717, 1.165) is 25.7 Å². The van der Waals surface area contributed by atoms with Gasteiger partial charge in [-0.1, -0.05) is 19.3 Å². The highest BCUT2D eigenvalue weighted by Crippen LogP contribution is 2.29. The summed E-state index contributed by atoms with van der Waals surface area (Å²) >= 11 is 1.49. The SMILES string of the molecule is CC1(NC(=O)N2CSC[C@H]2C(=O)O)CCCCC1. The smallest absolute Gasteiger partial charge is 0.327 e. The highest BCUT2D eigenvalue weighted by Gasteiger charge is 2.37. The molecule has 18 heavy (non-hydrogen) atoms. The van der Waals surface area contributed by atoms with Crippen molar-refractivity contribution < 1.29 is 14.7 Å². The van der Waals surface area contributed by atoms with E-state index in [1.807, 2.05) is 0 Å². The van der Waals surface area contributed by atoms with E-state index < -0.39 is 12.0 Å². The number of carboxylic acids is 1. The zero-order valence-corrected chi connectivity index (χ0v) is 11.5. The minimum absolute atomic E-state index is 0.161. The Labute approximate surface area is 111 Å². The molecule has 1 aliphatic heterocycles. The number of amides is 2. The first kappa shape index (κ1) is 13.5. The molecule has 1 saturated heterocycles. The van der Waals surface area contributed by atoms with Crippen LogP contribution in [0, 0.1) is 0 Å². The second kappa shape index (κ2) is 5.38. The second-order valence-electron chi connectivity index (χ2n) is 5.38. The van der Waals surface area contributed by atoms with E-state index in [0.29, 0.717) is 11.6 Å². The molecule has 5 nitrogen and oxygen atoms in total. The zero-order chi connectivity index (χ0) is 13.2. The van der Waals surface area contributed by atoms with Gasteiger partial charge in [-0.15, -0.1) is 11.8 Å². The number of carbonyl (C=O) groups excluding carboxylic acids is 1. The highest BCUT2D eigenvalue weighted by atomic mass is 32.2. The van der Waals surface area contributed by atoms with Crippen molar-refractivity contribution in [3.8, 4) is 0 Å². The number of carboxylic acid groups (broad SMARTS) is 1. The average Bonchev–Trinajstić information content (AvgIpc) is 2.78. The molecule has 1 heterocycles. The number of nitrogens with zero attached hydrogens (tertiary/aromatic N) is 1. The summed E-state index contributed by atoms with van der Waals surface area (Å²) in [5, 5.41) is 12.1. The van der Waals surface area contributed by atoms with Crippen LogP contribution >= 0.6 is 11.8 Å². The van der Waals surface area contributed by atoms with Gasteiger partial charge in [0.2, 0.25) is 0 Å². The lowest BCUT2D eigenvalue weighted by molar-refractivity contribution is -0.140.